The van der Waals surface area contributed by atoms with Crippen LogP contribution in [-0.4, -0.2) is 33.9 Å². The highest BCUT2D eigenvalue weighted by Crippen LogP contribution is 2.07. The van der Waals surface area contributed by atoms with Crippen molar-refractivity contribution in [3.63, 3.8) is 0 Å². The predicted molar refractivity (Wildman–Crippen MR) is 67.3 cm³/mol. The fraction of sp³-hybridized carbons (Fsp3) is 0.364. The van der Waals surface area contributed by atoms with Crippen LogP contribution in [0.15, 0.2) is 18.5 Å². The third-order valence-corrected chi connectivity index (χ3v) is 2.78. The SMILES string of the molecule is Cc1cncc(C(=O)N(C)C(C)C(N)=S)c1. The van der Waals surface area contributed by atoms with Gasteiger partial charge in [-0.15, -0.1) is 0 Å². The number of hydrogen-bond donors (Lipinski definition) is 1. The number of carbonyl (C=O) groups excluding carboxylic acids is 1. The van der Waals surface area contributed by atoms with Crippen molar-refractivity contribution in [2.45, 2.75) is 19.9 Å². The van der Waals surface area contributed by atoms with Crippen molar-refractivity contribution in [3.8, 4) is 0 Å². The van der Waals surface area contributed by atoms with Crippen LogP contribution in [0.5, 0.6) is 0 Å². The first-order chi connectivity index (χ1) is 7.43. The second-order valence-electron chi connectivity index (χ2n) is 3.75. The van der Waals surface area contributed by atoms with Crippen molar-refractivity contribution in [2.24, 2.45) is 5.73 Å². The van der Waals surface area contributed by atoms with Crippen LogP contribution in [0.3, 0.4) is 0 Å². The molecule has 1 amide bonds. The molecule has 5 heteroatoms. The molecule has 0 aliphatic heterocycles. The Morgan fingerprint density at radius 1 is 1.56 bits per heavy atom. The Morgan fingerprint density at radius 3 is 2.69 bits per heavy atom. The van der Waals surface area contributed by atoms with Gasteiger partial charge in [0.15, 0.2) is 0 Å². The van der Waals surface area contributed by atoms with Crippen LogP contribution >= 0.6 is 12.2 Å². The summed E-state index contributed by atoms with van der Waals surface area (Å²) in [4.78, 5) is 17.8. The summed E-state index contributed by atoms with van der Waals surface area (Å²) in [5.41, 5.74) is 7.00. The molecule has 0 saturated carbocycles. The highest BCUT2D eigenvalue weighted by molar-refractivity contribution is 7.80. The summed E-state index contributed by atoms with van der Waals surface area (Å²) in [6.45, 7) is 3.68. The molecule has 0 aliphatic rings. The predicted octanol–water partition coefficient (Wildman–Crippen LogP) is 1.14. The number of carbonyl (C=O) groups is 1. The van der Waals surface area contributed by atoms with Gasteiger partial charge in [0.25, 0.3) is 5.91 Å². The lowest BCUT2D eigenvalue weighted by atomic mass is 10.2. The lowest BCUT2D eigenvalue weighted by molar-refractivity contribution is 0.0778. The standard InChI is InChI=1S/C11H15N3OS/c1-7-4-9(6-13-5-7)11(15)14(3)8(2)10(12)16/h4-6,8H,1-3H3,(H2,12,16). The van der Waals surface area contributed by atoms with Gasteiger partial charge in [-0.05, 0) is 25.5 Å². The van der Waals surface area contributed by atoms with Crippen LogP contribution in [-0.2, 0) is 0 Å². The monoisotopic (exact) mass is 237 g/mol. The average Bonchev–Trinajstić information content (AvgIpc) is 2.26. The number of aromatic nitrogens is 1. The number of hydrogen-bond acceptors (Lipinski definition) is 3. The second kappa shape index (κ2) is 5.03. The summed E-state index contributed by atoms with van der Waals surface area (Å²) >= 11 is 4.86. The molecule has 1 rings (SSSR count). The molecule has 1 aromatic rings. The van der Waals surface area contributed by atoms with E-state index in [9.17, 15) is 4.79 Å². The van der Waals surface area contributed by atoms with Crippen molar-refractivity contribution in [1.82, 2.24) is 9.88 Å². The van der Waals surface area contributed by atoms with E-state index < -0.39 is 0 Å². The lowest BCUT2D eigenvalue weighted by Crippen LogP contribution is -2.42. The molecule has 0 radical (unpaired) electrons. The summed E-state index contributed by atoms with van der Waals surface area (Å²) in [7, 11) is 1.68. The molecule has 2 N–H and O–H groups in total. The number of pyridine rings is 1. The van der Waals surface area contributed by atoms with E-state index in [1.54, 1.807) is 26.2 Å². The Hall–Kier alpha value is -1.49. The quantitative estimate of drug-likeness (QED) is 0.801. The average molecular weight is 237 g/mol. The molecule has 0 aromatic carbocycles. The van der Waals surface area contributed by atoms with E-state index in [0.29, 0.717) is 10.6 Å². The number of nitrogens with zero attached hydrogens (tertiary/aromatic N) is 2. The second-order valence-corrected chi connectivity index (χ2v) is 4.22. The summed E-state index contributed by atoms with van der Waals surface area (Å²) in [6.07, 6.45) is 3.24. The molecule has 0 spiro atoms. The molecule has 4 nitrogen and oxygen atoms in total. The topological polar surface area (TPSA) is 59.2 Å². The van der Waals surface area contributed by atoms with Gasteiger partial charge in [0.1, 0.15) is 0 Å². The minimum atomic E-state index is -0.261. The highest BCUT2D eigenvalue weighted by Gasteiger charge is 2.19. The molecule has 16 heavy (non-hydrogen) atoms. The zero-order chi connectivity index (χ0) is 12.3. The fourth-order valence-electron chi connectivity index (χ4n) is 1.24. The van der Waals surface area contributed by atoms with Gasteiger partial charge in [0.05, 0.1) is 16.6 Å². The number of rotatable bonds is 3. The third-order valence-electron chi connectivity index (χ3n) is 2.43. The molecule has 86 valence electrons. The van der Waals surface area contributed by atoms with Gasteiger partial charge in [0, 0.05) is 19.4 Å². The first-order valence-corrected chi connectivity index (χ1v) is 5.32. The van der Waals surface area contributed by atoms with Crippen molar-refractivity contribution in [2.75, 3.05) is 7.05 Å². The van der Waals surface area contributed by atoms with E-state index in [4.69, 9.17) is 18.0 Å². The third kappa shape index (κ3) is 2.76. The van der Waals surface area contributed by atoms with Crippen LogP contribution in [0.25, 0.3) is 0 Å². The molecule has 1 unspecified atom stereocenters. The minimum absolute atomic E-state index is 0.128. The maximum atomic E-state index is 12.0. The smallest absolute Gasteiger partial charge is 0.255 e. The molecule has 0 bridgehead atoms. The molecular formula is C11H15N3OS. The number of aryl methyl sites for hydroxylation is 1. The maximum absolute atomic E-state index is 12.0. The van der Waals surface area contributed by atoms with Crippen molar-refractivity contribution >= 4 is 23.1 Å². The van der Waals surface area contributed by atoms with Gasteiger partial charge in [-0.2, -0.15) is 0 Å². The molecule has 1 heterocycles. The van der Waals surface area contributed by atoms with Gasteiger partial charge in [-0.3, -0.25) is 9.78 Å². The molecule has 0 fully saturated rings. The van der Waals surface area contributed by atoms with Crippen molar-refractivity contribution < 1.29 is 4.79 Å². The van der Waals surface area contributed by atoms with E-state index in [2.05, 4.69) is 4.98 Å². The van der Waals surface area contributed by atoms with Crippen molar-refractivity contribution in [1.29, 1.82) is 0 Å². The fourth-order valence-corrected chi connectivity index (χ4v) is 1.40. The van der Waals surface area contributed by atoms with E-state index >= 15 is 0 Å². The van der Waals surface area contributed by atoms with Gasteiger partial charge >= 0.3 is 0 Å². The first kappa shape index (κ1) is 12.6. The minimum Gasteiger partial charge on any atom is -0.392 e. The number of nitrogens with two attached hydrogens (primary N) is 1. The van der Waals surface area contributed by atoms with Gasteiger partial charge in [-0.1, -0.05) is 12.2 Å². The zero-order valence-electron chi connectivity index (χ0n) is 9.60. The summed E-state index contributed by atoms with van der Waals surface area (Å²) in [5.74, 6) is -0.128. The number of amides is 1. The van der Waals surface area contributed by atoms with E-state index in [0.717, 1.165) is 5.56 Å². The van der Waals surface area contributed by atoms with E-state index in [-0.39, 0.29) is 11.9 Å². The zero-order valence-corrected chi connectivity index (χ0v) is 10.4. The Bertz CT molecular complexity index is 419. The van der Waals surface area contributed by atoms with Crippen molar-refractivity contribution in [3.05, 3.63) is 29.6 Å². The Labute approximate surface area is 100 Å². The van der Waals surface area contributed by atoms with Gasteiger partial charge in [-0.25, -0.2) is 0 Å². The van der Waals surface area contributed by atoms with Gasteiger partial charge < -0.3 is 10.6 Å². The molecular weight excluding hydrogens is 222 g/mol. The van der Waals surface area contributed by atoms with Crippen LogP contribution in [0, 0.1) is 6.92 Å². The Kier molecular flexibility index (Phi) is 3.95. The van der Waals surface area contributed by atoms with Crippen LogP contribution in [0.1, 0.15) is 22.8 Å². The number of likely N-dealkylation sites (N-methyl/N-ethyl adjacent to an activating group) is 1. The van der Waals surface area contributed by atoms with Crippen LogP contribution < -0.4 is 5.73 Å². The highest BCUT2D eigenvalue weighted by atomic mass is 32.1. The molecule has 1 atom stereocenters. The molecule has 0 aliphatic carbocycles. The summed E-state index contributed by atoms with van der Waals surface area (Å²) in [6, 6.07) is 1.53. The maximum Gasteiger partial charge on any atom is 0.255 e. The van der Waals surface area contributed by atoms with Gasteiger partial charge in [0.2, 0.25) is 0 Å². The van der Waals surface area contributed by atoms with Crippen LogP contribution in [0.2, 0.25) is 0 Å². The lowest BCUT2D eigenvalue weighted by Gasteiger charge is -2.23. The molecule has 1 aromatic heterocycles. The van der Waals surface area contributed by atoms with E-state index in [1.807, 2.05) is 6.92 Å². The molecule has 0 saturated heterocycles. The normalized spacial score (nSPS) is 11.9. The summed E-state index contributed by atoms with van der Waals surface area (Å²) < 4.78 is 0. The number of thiocarbonyl (C=S) groups is 1. The summed E-state index contributed by atoms with van der Waals surface area (Å²) in [5, 5.41) is 0. The Morgan fingerprint density at radius 2 is 2.19 bits per heavy atom. The Balaban J connectivity index is 2.90. The van der Waals surface area contributed by atoms with Crippen LogP contribution in [0.4, 0.5) is 0 Å². The largest absolute Gasteiger partial charge is 0.392 e. The first-order valence-electron chi connectivity index (χ1n) is 4.91. The van der Waals surface area contributed by atoms with E-state index in [1.165, 1.54) is 11.1 Å².